The second kappa shape index (κ2) is 9.98. The van der Waals surface area contributed by atoms with E-state index in [9.17, 15) is 4.39 Å². The summed E-state index contributed by atoms with van der Waals surface area (Å²) >= 11 is 0. The highest BCUT2D eigenvalue weighted by atomic mass is 19.1. The fourth-order valence-electron chi connectivity index (χ4n) is 6.52. The second-order valence-electron chi connectivity index (χ2n) is 10.7. The third-order valence-corrected chi connectivity index (χ3v) is 8.66. The van der Waals surface area contributed by atoms with E-state index in [1.807, 2.05) is 35.0 Å². The highest BCUT2D eigenvalue weighted by Gasteiger charge is 2.39. The number of rotatable bonds is 6. The van der Waals surface area contributed by atoms with Gasteiger partial charge in [0.2, 0.25) is 0 Å². The van der Waals surface area contributed by atoms with Gasteiger partial charge in [-0.25, -0.2) is 18.9 Å². The van der Waals surface area contributed by atoms with Crippen LogP contribution in [0.1, 0.15) is 64.0 Å². The monoisotopic (exact) mass is 513 g/mol. The topological polar surface area (TPSA) is 75.6 Å². The molecule has 2 aliphatic rings. The van der Waals surface area contributed by atoms with Gasteiger partial charge in [0, 0.05) is 24.7 Å². The Bertz CT molecular complexity index is 1430. The third kappa shape index (κ3) is 4.30. The number of imidazole rings is 1. The lowest BCUT2D eigenvalue weighted by Gasteiger charge is -2.49. The van der Waals surface area contributed by atoms with Crippen LogP contribution in [0.15, 0.2) is 60.8 Å². The lowest BCUT2D eigenvalue weighted by Crippen LogP contribution is -2.57. The maximum absolute atomic E-state index is 14.0. The number of aromatic nitrogens is 4. The molecule has 7 nitrogen and oxygen atoms in total. The summed E-state index contributed by atoms with van der Waals surface area (Å²) in [6.45, 7) is 6.30. The van der Waals surface area contributed by atoms with Crippen molar-refractivity contribution in [2.45, 2.75) is 70.0 Å². The molecule has 6 rings (SSSR count). The Kier molecular flexibility index (Phi) is 6.51. The molecule has 0 spiro atoms. The zero-order valence-corrected chi connectivity index (χ0v) is 22.2. The lowest BCUT2D eigenvalue weighted by molar-refractivity contribution is 0.262. The number of halogens is 1. The Morgan fingerprint density at radius 3 is 2.66 bits per heavy atom. The van der Waals surface area contributed by atoms with E-state index >= 15 is 0 Å². The molecule has 198 valence electrons. The summed E-state index contributed by atoms with van der Waals surface area (Å²) in [5.41, 5.74) is 9.89. The summed E-state index contributed by atoms with van der Waals surface area (Å²) in [5.74, 6) is 1.64. The largest absolute Gasteiger partial charge is 0.351 e. The average molecular weight is 514 g/mol. The van der Waals surface area contributed by atoms with Crippen LogP contribution in [0.3, 0.4) is 0 Å². The van der Waals surface area contributed by atoms with Crippen LogP contribution in [0.4, 0.5) is 16.0 Å². The highest BCUT2D eigenvalue weighted by Crippen LogP contribution is 2.38. The Morgan fingerprint density at radius 2 is 1.84 bits per heavy atom. The number of anilines is 2. The number of nitrogens with two attached hydrogens (primary N) is 1. The first-order valence-electron chi connectivity index (χ1n) is 13.9. The summed E-state index contributed by atoms with van der Waals surface area (Å²) in [5, 5.41) is 5.02. The average Bonchev–Trinajstić information content (AvgIpc) is 3.60. The molecule has 2 aliphatic heterocycles. The molecule has 4 aromatic rings. The smallest absolute Gasteiger partial charge is 0.154 e. The first kappa shape index (κ1) is 24.8. The first-order chi connectivity index (χ1) is 18.5. The van der Waals surface area contributed by atoms with E-state index in [1.165, 1.54) is 6.07 Å². The van der Waals surface area contributed by atoms with Crippen molar-refractivity contribution in [3.63, 3.8) is 0 Å². The number of hydrogen-bond donors (Lipinski definition) is 1. The number of benzene rings is 1. The van der Waals surface area contributed by atoms with Gasteiger partial charge in [-0.3, -0.25) is 0 Å². The molecule has 0 aliphatic carbocycles. The zero-order chi connectivity index (χ0) is 26.3. The molecule has 0 saturated carbocycles. The van der Waals surface area contributed by atoms with Gasteiger partial charge in [0.05, 0.1) is 17.9 Å². The molecule has 8 heteroatoms. The zero-order valence-electron chi connectivity index (χ0n) is 22.2. The van der Waals surface area contributed by atoms with Crippen molar-refractivity contribution in [1.82, 2.24) is 19.6 Å². The summed E-state index contributed by atoms with van der Waals surface area (Å²) in [4.78, 5) is 14.5. The molecule has 38 heavy (non-hydrogen) atoms. The number of nitrogens with zero attached hydrogens (tertiary/aromatic N) is 6. The summed E-state index contributed by atoms with van der Waals surface area (Å²) < 4.78 is 15.9. The van der Waals surface area contributed by atoms with Crippen molar-refractivity contribution in [2.24, 2.45) is 5.73 Å². The van der Waals surface area contributed by atoms with E-state index in [1.54, 1.807) is 12.1 Å². The molecular weight excluding hydrogens is 477 g/mol. The molecule has 2 fully saturated rings. The molecule has 0 amide bonds. The van der Waals surface area contributed by atoms with Gasteiger partial charge in [0.15, 0.2) is 5.65 Å². The third-order valence-electron chi connectivity index (χ3n) is 8.66. The standard InChI is InChI=1S/C30H36FN7/c1-3-30(4-2)19-23(32)15-17-37(30)28-12-6-10-24(34-28)26-20-33-27-13-14-29(35-38(26)27)36-16-7-11-25(36)21-8-5-9-22(31)18-21/h5-6,8-10,12-14,18,20,23,25H,3-4,7,11,15-17,19,32H2,1-2H3/t23?,25-/m1/s1. The van der Waals surface area contributed by atoms with Gasteiger partial charge in [0.1, 0.15) is 23.1 Å². The van der Waals surface area contributed by atoms with Crippen LogP contribution in [-0.2, 0) is 0 Å². The Labute approximate surface area is 223 Å². The van der Waals surface area contributed by atoms with E-state index in [4.69, 9.17) is 15.8 Å². The Balaban J connectivity index is 1.36. The van der Waals surface area contributed by atoms with Crippen LogP contribution in [-0.4, -0.2) is 44.3 Å². The van der Waals surface area contributed by atoms with Crippen LogP contribution in [0, 0.1) is 5.82 Å². The predicted octanol–water partition coefficient (Wildman–Crippen LogP) is 5.76. The molecule has 0 radical (unpaired) electrons. The van der Waals surface area contributed by atoms with E-state index in [0.717, 1.165) is 85.8 Å². The minimum Gasteiger partial charge on any atom is -0.351 e. The quantitative estimate of drug-likeness (QED) is 0.353. The van der Waals surface area contributed by atoms with Crippen LogP contribution in [0.2, 0.25) is 0 Å². The van der Waals surface area contributed by atoms with Crippen LogP contribution < -0.4 is 15.5 Å². The maximum Gasteiger partial charge on any atom is 0.154 e. The van der Waals surface area contributed by atoms with Crippen molar-refractivity contribution in [2.75, 3.05) is 22.9 Å². The van der Waals surface area contributed by atoms with Gasteiger partial charge in [-0.15, -0.1) is 5.10 Å². The molecule has 0 bridgehead atoms. The molecular formula is C30H36FN7. The molecule has 2 atom stereocenters. The molecule has 5 heterocycles. The van der Waals surface area contributed by atoms with Crippen molar-refractivity contribution in [3.05, 3.63) is 72.2 Å². The first-order valence-corrected chi connectivity index (χ1v) is 13.9. The fourth-order valence-corrected chi connectivity index (χ4v) is 6.52. The van der Waals surface area contributed by atoms with Crippen molar-refractivity contribution in [1.29, 1.82) is 0 Å². The Hall–Kier alpha value is -3.52. The van der Waals surface area contributed by atoms with E-state index < -0.39 is 0 Å². The van der Waals surface area contributed by atoms with E-state index in [-0.39, 0.29) is 23.4 Å². The van der Waals surface area contributed by atoms with Gasteiger partial charge >= 0.3 is 0 Å². The van der Waals surface area contributed by atoms with Crippen molar-refractivity contribution >= 4 is 17.3 Å². The van der Waals surface area contributed by atoms with E-state index in [2.05, 4.69) is 40.8 Å². The lowest BCUT2D eigenvalue weighted by atomic mass is 9.80. The normalized spacial score (nSPS) is 21.4. The molecule has 3 aromatic heterocycles. The van der Waals surface area contributed by atoms with Gasteiger partial charge in [0.25, 0.3) is 0 Å². The molecule has 2 N–H and O–H groups in total. The van der Waals surface area contributed by atoms with E-state index in [0.29, 0.717) is 0 Å². The second-order valence-corrected chi connectivity index (χ2v) is 10.7. The summed E-state index contributed by atoms with van der Waals surface area (Å²) in [6, 6.07) is 17.5. The molecule has 1 unspecified atom stereocenters. The predicted molar refractivity (Wildman–Crippen MR) is 150 cm³/mol. The fraction of sp³-hybridized carbons (Fsp3) is 0.433. The summed E-state index contributed by atoms with van der Waals surface area (Å²) in [6.07, 6.45) is 7.88. The number of hydrogen-bond acceptors (Lipinski definition) is 6. The summed E-state index contributed by atoms with van der Waals surface area (Å²) in [7, 11) is 0. The van der Waals surface area contributed by atoms with Gasteiger partial charge < -0.3 is 15.5 Å². The number of piperidine rings is 1. The molecule has 2 saturated heterocycles. The minimum atomic E-state index is -0.202. The Morgan fingerprint density at radius 1 is 1.00 bits per heavy atom. The minimum absolute atomic E-state index is 0.0237. The van der Waals surface area contributed by atoms with Crippen LogP contribution >= 0.6 is 0 Å². The maximum atomic E-state index is 14.0. The SMILES string of the molecule is CCC1(CC)CC(N)CCN1c1cccc(-c2cnc3ccc(N4CCC[C@@H]4c4cccc(F)c4)nn23)n1. The van der Waals surface area contributed by atoms with Gasteiger partial charge in [-0.05, 0) is 80.5 Å². The van der Waals surface area contributed by atoms with Crippen LogP contribution in [0.5, 0.6) is 0 Å². The molecule has 1 aromatic carbocycles. The van der Waals surface area contributed by atoms with Crippen molar-refractivity contribution in [3.8, 4) is 11.4 Å². The van der Waals surface area contributed by atoms with Crippen molar-refractivity contribution < 1.29 is 4.39 Å². The number of fused-ring (bicyclic) bond motifs is 1. The number of pyridine rings is 1. The highest BCUT2D eigenvalue weighted by molar-refractivity contribution is 5.63. The van der Waals surface area contributed by atoms with Gasteiger partial charge in [-0.1, -0.05) is 32.0 Å². The van der Waals surface area contributed by atoms with Crippen LogP contribution in [0.25, 0.3) is 17.0 Å². The van der Waals surface area contributed by atoms with Gasteiger partial charge in [-0.2, -0.15) is 0 Å².